The van der Waals surface area contributed by atoms with E-state index in [9.17, 15) is 0 Å². The Morgan fingerprint density at radius 1 is 0.441 bits per heavy atom. The lowest BCUT2D eigenvalue weighted by atomic mass is 9.63. The third-order valence-corrected chi connectivity index (χ3v) is 14.2. The molecular weight excluding hydrogens is 739 g/mol. The molecule has 0 saturated heterocycles. The van der Waals surface area contributed by atoms with Crippen molar-refractivity contribution in [1.29, 1.82) is 0 Å². The van der Waals surface area contributed by atoms with Crippen molar-refractivity contribution < 1.29 is 0 Å². The first-order valence-electron chi connectivity index (χ1n) is 20.6. The normalized spacial score (nSPS) is 14.9. The van der Waals surface area contributed by atoms with Crippen LogP contribution in [-0.2, 0) is 10.8 Å². The van der Waals surface area contributed by atoms with E-state index in [2.05, 4.69) is 182 Å². The maximum atomic E-state index is 5.52. The molecule has 1 aliphatic carbocycles. The Kier molecular flexibility index (Phi) is 7.25. The zero-order valence-electron chi connectivity index (χ0n) is 33.5. The molecule has 0 amide bonds. The first-order chi connectivity index (χ1) is 28.7. The molecule has 1 aliphatic rings. The molecule has 4 heterocycles. The van der Waals surface area contributed by atoms with E-state index < -0.39 is 0 Å². The largest absolute Gasteiger partial charge is 0.307 e. The van der Waals surface area contributed by atoms with Gasteiger partial charge < -0.3 is 4.57 Å². The Bertz CT molecular complexity index is 3500. The van der Waals surface area contributed by atoms with E-state index in [0.717, 1.165) is 51.7 Å². The van der Waals surface area contributed by atoms with Gasteiger partial charge in [0.15, 0.2) is 11.6 Å². The van der Waals surface area contributed by atoms with Crippen LogP contribution in [0.5, 0.6) is 0 Å². The van der Waals surface area contributed by atoms with Gasteiger partial charge in [-0.25, -0.2) is 4.98 Å². The molecule has 6 heteroatoms. The number of fused-ring (bicyclic) bond motifs is 11. The summed E-state index contributed by atoms with van der Waals surface area (Å²) in [5, 5.41) is 7.27. The molecule has 0 N–H and O–H groups in total. The lowest BCUT2D eigenvalue weighted by Crippen LogP contribution is -2.33. The molecule has 0 bridgehead atoms. The summed E-state index contributed by atoms with van der Waals surface area (Å²) >= 11 is 1.82. The molecule has 7 aromatic carbocycles. The SMILES string of the molecule is CC1(C)CCC(C)(C)c2cc3c(cc21)c1ccc2c4ccccc4n(-c4ccccc4)c2c1n3-c1nc(-c2ccccc2)nc(-c2ccc3sc4ccccc4c3c2)n1. The smallest absolute Gasteiger partial charge is 0.238 e. The predicted molar refractivity (Wildman–Crippen MR) is 248 cm³/mol. The highest BCUT2D eigenvalue weighted by atomic mass is 32.1. The summed E-state index contributed by atoms with van der Waals surface area (Å²) in [5.74, 6) is 1.90. The molecule has 0 spiro atoms. The third kappa shape index (κ3) is 5.12. The Labute approximate surface area is 346 Å². The van der Waals surface area contributed by atoms with Gasteiger partial charge in [0.1, 0.15) is 0 Å². The van der Waals surface area contributed by atoms with Crippen LogP contribution in [0.15, 0.2) is 152 Å². The average Bonchev–Trinajstić information content (AvgIpc) is 3.93. The van der Waals surface area contributed by atoms with Gasteiger partial charge in [0.2, 0.25) is 5.95 Å². The monoisotopic (exact) mass is 779 g/mol. The van der Waals surface area contributed by atoms with Gasteiger partial charge in [0.25, 0.3) is 0 Å². The molecule has 0 radical (unpaired) electrons. The predicted octanol–water partition coefficient (Wildman–Crippen LogP) is 14.1. The second-order valence-electron chi connectivity index (χ2n) is 17.5. The Morgan fingerprint density at radius 3 is 1.80 bits per heavy atom. The van der Waals surface area contributed by atoms with Crippen LogP contribution in [0, 0.1) is 0 Å². The van der Waals surface area contributed by atoms with Crippen LogP contribution in [-0.4, -0.2) is 24.1 Å². The summed E-state index contributed by atoms with van der Waals surface area (Å²) in [6, 6.07) is 54.8. The van der Waals surface area contributed by atoms with Gasteiger partial charge in [-0.2, -0.15) is 9.97 Å². The van der Waals surface area contributed by atoms with E-state index in [4.69, 9.17) is 15.0 Å². The maximum absolute atomic E-state index is 5.52. The van der Waals surface area contributed by atoms with Crippen LogP contribution in [0.2, 0.25) is 0 Å². The number of hydrogen-bond donors (Lipinski definition) is 0. The van der Waals surface area contributed by atoms with Gasteiger partial charge >= 0.3 is 0 Å². The fourth-order valence-electron chi connectivity index (χ4n) is 9.84. The molecule has 0 atom stereocenters. The van der Waals surface area contributed by atoms with E-state index in [1.54, 1.807) is 0 Å². The molecule has 0 aliphatic heterocycles. The van der Waals surface area contributed by atoms with E-state index in [1.807, 2.05) is 17.4 Å². The van der Waals surface area contributed by atoms with Crippen molar-refractivity contribution in [2.45, 2.75) is 51.4 Å². The fraction of sp³-hybridized carbons (Fsp3) is 0.151. The van der Waals surface area contributed by atoms with Crippen LogP contribution in [0.1, 0.15) is 51.7 Å². The summed E-state index contributed by atoms with van der Waals surface area (Å²) in [6.45, 7) is 9.64. The summed E-state index contributed by atoms with van der Waals surface area (Å²) in [6.07, 6.45) is 2.27. The minimum absolute atomic E-state index is 0.00671. The summed E-state index contributed by atoms with van der Waals surface area (Å²) in [5.41, 5.74) is 10.4. The van der Waals surface area contributed by atoms with Crippen LogP contribution < -0.4 is 0 Å². The van der Waals surface area contributed by atoms with Gasteiger partial charge in [-0.15, -0.1) is 11.3 Å². The van der Waals surface area contributed by atoms with Gasteiger partial charge in [-0.3, -0.25) is 4.57 Å². The van der Waals surface area contributed by atoms with E-state index >= 15 is 0 Å². The van der Waals surface area contributed by atoms with Gasteiger partial charge in [-0.1, -0.05) is 125 Å². The summed E-state index contributed by atoms with van der Waals surface area (Å²) in [4.78, 5) is 16.2. The van der Waals surface area contributed by atoms with Crippen molar-refractivity contribution in [2.75, 3.05) is 0 Å². The molecule has 0 fully saturated rings. The van der Waals surface area contributed by atoms with Crippen LogP contribution in [0.25, 0.3) is 98.2 Å². The molecule has 59 heavy (non-hydrogen) atoms. The van der Waals surface area contributed by atoms with Gasteiger partial charge in [0.05, 0.1) is 22.1 Å². The third-order valence-electron chi connectivity index (χ3n) is 13.0. The van der Waals surface area contributed by atoms with Crippen molar-refractivity contribution >= 4 is 75.1 Å². The second kappa shape index (κ2) is 12.4. The number of aromatic nitrogens is 5. The number of nitrogens with zero attached hydrogens (tertiary/aromatic N) is 5. The maximum Gasteiger partial charge on any atom is 0.238 e. The first kappa shape index (κ1) is 34.4. The van der Waals surface area contributed by atoms with Gasteiger partial charge in [-0.05, 0) is 89.4 Å². The molecular formula is C53H41N5S. The number of rotatable bonds is 4. The zero-order chi connectivity index (χ0) is 39.6. The molecule has 0 unspecified atom stereocenters. The summed E-state index contributed by atoms with van der Waals surface area (Å²) < 4.78 is 7.32. The molecule has 5 nitrogen and oxygen atoms in total. The number of thiophene rings is 1. The van der Waals surface area contributed by atoms with Crippen molar-refractivity contribution in [3.8, 4) is 34.4 Å². The highest BCUT2D eigenvalue weighted by Gasteiger charge is 2.38. The van der Waals surface area contributed by atoms with E-state index in [0.29, 0.717) is 17.6 Å². The van der Waals surface area contributed by atoms with Crippen LogP contribution in [0.4, 0.5) is 0 Å². The quantitative estimate of drug-likeness (QED) is 0.179. The number of benzene rings is 7. The van der Waals surface area contributed by atoms with E-state index in [1.165, 1.54) is 52.8 Å². The van der Waals surface area contributed by atoms with Gasteiger partial charge in [0, 0.05) is 58.5 Å². The van der Waals surface area contributed by atoms with Crippen molar-refractivity contribution in [1.82, 2.24) is 24.1 Å². The number of hydrogen-bond acceptors (Lipinski definition) is 4. The number of para-hydroxylation sites is 2. The Hall–Kier alpha value is -6.63. The average molecular weight is 780 g/mol. The van der Waals surface area contributed by atoms with Crippen LogP contribution >= 0.6 is 11.3 Å². The highest BCUT2D eigenvalue weighted by molar-refractivity contribution is 7.25. The second-order valence-corrected chi connectivity index (χ2v) is 18.6. The van der Waals surface area contributed by atoms with Crippen LogP contribution in [0.3, 0.4) is 0 Å². The molecule has 11 aromatic rings. The highest BCUT2D eigenvalue weighted by Crippen LogP contribution is 2.50. The first-order valence-corrected chi connectivity index (χ1v) is 21.4. The van der Waals surface area contributed by atoms with Crippen molar-refractivity contribution in [3.05, 3.63) is 163 Å². The van der Waals surface area contributed by atoms with Crippen molar-refractivity contribution in [3.63, 3.8) is 0 Å². The zero-order valence-corrected chi connectivity index (χ0v) is 34.3. The molecule has 4 aromatic heterocycles. The van der Waals surface area contributed by atoms with E-state index in [-0.39, 0.29) is 10.8 Å². The lowest BCUT2D eigenvalue weighted by molar-refractivity contribution is 0.332. The molecule has 284 valence electrons. The summed E-state index contributed by atoms with van der Waals surface area (Å²) in [7, 11) is 0. The Morgan fingerprint density at radius 2 is 1.03 bits per heavy atom. The topological polar surface area (TPSA) is 48.5 Å². The fourth-order valence-corrected chi connectivity index (χ4v) is 10.9. The molecule has 0 saturated carbocycles. The minimum atomic E-state index is 0.00671. The molecule has 12 rings (SSSR count). The van der Waals surface area contributed by atoms with Crippen molar-refractivity contribution in [2.24, 2.45) is 0 Å². The Balaban J connectivity index is 1.26. The lowest BCUT2D eigenvalue weighted by Gasteiger charge is -2.42. The minimum Gasteiger partial charge on any atom is -0.307 e. The standard InChI is InChI=1S/C53H41N5S/c1-52(2)27-28-53(3,4)42-31-44-39(30-41(42)52)38-25-24-37-35-19-11-13-21-43(35)57(34-17-9-6-10-18-34)47(37)48(38)58(44)51-55-49(32-15-7-5-8-16-32)54-50(56-51)33-23-26-46-40(29-33)36-20-12-14-22-45(36)59-46/h5-26,29-31H,27-28H2,1-4H3.